The highest BCUT2D eigenvalue weighted by molar-refractivity contribution is 6.07. The number of nitrogens with one attached hydrogen (secondary N) is 3. The summed E-state index contributed by atoms with van der Waals surface area (Å²) in [4.78, 5) is 29.2. The average molecular weight is 579 g/mol. The minimum Gasteiger partial charge on any atom is -0.379 e. The fourth-order valence-electron chi connectivity index (χ4n) is 5.35. The van der Waals surface area contributed by atoms with Crippen LogP contribution in [0.25, 0.3) is 21.9 Å². The minimum atomic E-state index is -0.437. The highest BCUT2D eigenvalue weighted by Crippen LogP contribution is 2.34. The number of allylic oxidation sites excluding steroid dienone is 1. The van der Waals surface area contributed by atoms with Crippen LogP contribution >= 0.6 is 0 Å². The number of rotatable bonds is 6. The summed E-state index contributed by atoms with van der Waals surface area (Å²) in [5, 5.41) is 10.0. The molecule has 1 atom stereocenters. The predicted molar refractivity (Wildman–Crippen MR) is 169 cm³/mol. The van der Waals surface area contributed by atoms with E-state index in [1.807, 2.05) is 54.5 Å². The number of aromatic nitrogens is 3. The fourth-order valence-corrected chi connectivity index (χ4v) is 5.35. The highest BCUT2D eigenvalue weighted by Gasteiger charge is 2.32. The maximum Gasteiger partial charge on any atom is 0.321 e. The number of amides is 2. The predicted octanol–water partition coefficient (Wildman–Crippen LogP) is 5.23. The van der Waals surface area contributed by atoms with Gasteiger partial charge in [0.2, 0.25) is 0 Å². The molecule has 1 saturated heterocycles. The summed E-state index contributed by atoms with van der Waals surface area (Å²) in [6, 6.07) is 16.0. The number of anilines is 2. The van der Waals surface area contributed by atoms with E-state index in [0.717, 1.165) is 77.5 Å². The molecule has 6 rings (SSSR count). The summed E-state index contributed by atoms with van der Waals surface area (Å²) < 4.78 is 5.46. The van der Waals surface area contributed by atoms with Gasteiger partial charge in [-0.1, -0.05) is 57.2 Å². The Labute approximate surface area is 252 Å². The largest absolute Gasteiger partial charge is 0.379 e. The lowest BCUT2D eigenvalue weighted by molar-refractivity contribution is 0.0336. The van der Waals surface area contributed by atoms with E-state index < -0.39 is 6.17 Å². The molecule has 4 aromatic rings. The molecule has 1 unspecified atom stereocenters. The third-order valence-corrected chi connectivity index (χ3v) is 7.77. The second kappa shape index (κ2) is 12.0. The third kappa shape index (κ3) is 6.45. The lowest BCUT2D eigenvalue weighted by atomic mass is 9.92. The number of urea groups is 1. The number of benzene rings is 2. The van der Waals surface area contributed by atoms with E-state index in [4.69, 9.17) is 9.72 Å². The number of pyridine rings is 1. The van der Waals surface area contributed by atoms with Gasteiger partial charge in [-0.15, -0.1) is 0 Å². The molecule has 1 fully saturated rings. The highest BCUT2D eigenvalue weighted by atomic mass is 16.5. The Morgan fingerprint density at radius 3 is 2.42 bits per heavy atom. The standard InChI is InChI=1S/C33H38N8O2/c1-22-34-19-25(20-35-22)41-31(17-30(39-41)33(2,3)4)38-32(42)37-29-12-11-26(27-7-5-6-8-28(27)29)23-9-10-24(36-18-23)21-40-13-15-43-16-14-40/h5-12,17-20,31,39H,13-16,21H2,1-4H3,(H2,37,38,42). The van der Waals surface area contributed by atoms with Gasteiger partial charge in [-0.05, 0) is 36.1 Å². The molecule has 2 amide bonds. The van der Waals surface area contributed by atoms with Gasteiger partial charge in [-0.2, -0.15) is 0 Å². The Bertz CT molecular complexity index is 1620. The van der Waals surface area contributed by atoms with E-state index in [1.54, 1.807) is 12.4 Å². The summed E-state index contributed by atoms with van der Waals surface area (Å²) in [5.41, 5.74) is 8.91. The molecule has 0 aliphatic carbocycles. The molecule has 2 aliphatic rings. The van der Waals surface area contributed by atoms with Gasteiger partial charge in [0, 0.05) is 47.9 Å². The Balaban J connectivity index is 1.21. The monoisotopic (exact) mass is 578 g/mol. The molecule has 0 spiro atoms. The zero-order valence-corrected chi connectivity index (χ0v) is 25.1. The molecule has 3 N–H and O–H groups in total. The first kappa shape index (κ1) is 28.6. The molecule has 0 bridgehead atoms. The number of carbonyl (C=O) groups excluding carboxylic acids is 1. The number of hydrogen-bond acceptors (Lipinski definition) is 8. The van der Waals surface area contributed by atoms with Crippen molar-refractivity contribution in [2.45, 2.75) is 40.4 Å². The molecular weight excluding hydrogens is 540 g/mol. The molecule has 0 radical (unpaired) electrons. The Morgan fingerprint density at radius 2 is 1.72 bits per heavy atom. The van der Waals surface area contributed by atoms with Gasteiger partial charge in [0.1, 0.15) is 12.0 Å². The van der Waals surface area contributed by atoms with Gasteiger partial charge in [0.25, 0.3) is 0 Å². The smallest absolute Gasteiger partial charge is 0.321 e. The summed E-state index contributed by atoms with van der Waals surface area (Å²) in [6.45, 7) is 12.4. The first-order valence-electron chi connectivity index (χ1n) is 14.7. The molecule has 2 aliphatic heterocycles. The van der Waals surface area contributed by atoms with Crippen LogP contribution in [0.2, 0.25) is 0 Å². The molecule has 0 saturated carbocycles. The van der Waals surface area contributed by atoms with Crippen molar-refractivity contribution in [3.05, 3.63) is 90.4 Å². The number of hydrazine groups is 1. The number of carbonyl (C=O) groups is 1. The van der Waals surface area contributed by atoms with Gasteiger partial charge >= 0.3 is 6.03 Å². The maximum atomic E-state index is 13.4. The van der Waals surface area contributed by atoms with Crippen molar-refractivity contribution < 1.29 is 9.53 Å². The number of nitrogens with zero attached hydrogens (tertiary/aromatic N) is 5. The van der Waals surface area contributed by atoms with Crippen molar-refractivity contribution >= 4 is 28.2 Å². The zero-order valence-electron chi connectivity index (χ0n) is 25.1. The maximum absolute atomic E-state index is 13.4. The van der Waals surface area contributed by atoms with Crippen LogP contribution < -0.4 is 21.1 Å². The van der Waals surface area contributed by atoms with Crippen molar-refractivity contribution in [2.24, 2.45) is 5.41 Å². The second-order valence-corrected chi connectivity index (χ2v) is 12.0. The van der Waals surface area contributed by atoms with Crippen molar-refractivity contribution in [3.8, 4) is 11.1 Å². The van der Waals surface area contributed by atoms with Crippen molar-refractivity contribution in [2.75, 3.05) is 36.6 Å². The quantitative estimate of drug-likeness (QED) is 0.285. The Hall–Kier alpha value is -4.54. The molecule has 43 heavy (non-hydrogen) atoms. The van der Waals surface area contributed by atoms with Crippen LogP contribution in [0.4, 0.5) is 16.2 Å². The number of aryl methyl sites for hydroxylation is 1. The summed E-state index contributed by atoms with van der Waals surface area (Å²) in [7, 11) is 0. The van der Waals surface area contributed by atoms with E-state index in [0.29, 0.717) is 5.82 Å². The van der Waals surface area contributed by atoms with Gasteiger partial charge in [-0.25, -0.2) is 14.8 Å². The van der Waals surface area contributed by atoms with E-state index in [2.05, 4.69) is 69.9 Å². The van der Waals surface area contributed by atoms with E-state index >= 15 is 0 Å². The first-order valence-corrected chi connectivity index (χ1v) is 14.7. The third-order valence-electron chi connectivity index (χ3n) is 7.77. The van der Waals surface area contributed by atoms with Crippen LogP contribution in [0.5, 0.6) is 0 Å². The number of morpholine rings is 1. The number of fused-ring (bicyclic) bond motifs is 1. The normalized spacial score (nSPS) is 17.4. The molecule has 2 aromatic carbocycles. The molecule has 2 aromatic heterocycles. The lowest BCUT2D eigenvalue weighted by Crippen LogP contribution is -2.50. The van der Waals surface area contributed by atoms with Crippen LogP contribution in [0.3, 0.4) is 0 Å². The first-order chi connectivity index (χ1) is 20.7. The number of hydrogen-bond donors (Lipinski definition) is 3. The average Bonchev–Trinajstić information content (AvgIpc) is 3.43. The molecule has 10 nitrogen and oxygen atoms in total. The Kier molecular flexibility index (Phi) is 7.96. The molecule has 4 heterocycles. The topological polar surface area (TPSA) is 108 Å². The molecule has 222 valence electrons. The van der Waals surface area contributed by atoms with E-state index in [-0.39, 0.29) is 11.4 Å². The Morgan fingerprint density at radius 1 is 0.977 bits per heavy atom. The molecular formula is C33H38N8O2. The zero-order chi connectivity index (χ0) is 30.0. The summed E-state index contributed by atoms with van der Waals surface area (Å²) in [6.07, 6.45) is 7.02. The summed E-state index contributed by atoms with van der Waals surface area (Å²) in [5.74, 6) is 0.684. The van der Waals surface area contributed by atoms with Crippen molar-refractivity contribution in [1.82, 2.24) is 30.6 Å². The van der Waals surface area contributed by atoms with Crippen LogP contribution in [0, 0.1) is 12.3 Å². The SMILES string of the molecule is Cc1ncc(N2NC(C(C)(C)C)=CC2NC(=O)Nc2ccc(-c3ccc(CN4CCOCC4)nc3)c3ccccc23)cn1. The van der Waals surface area contributed by atoms with Crippen LogP contribution in [-0.4, -0.2) is 58.4 Å². The van der Waals surface area contributed by atoms with Gasteiger partial charge in [-0.3, -0.25) is 20.3 Å². The summed E-state index contributed by atoms with van der Waals surface area (Å²) >= 11 is 0. The fraction of sp³-hybridized carbons (Fsp3) is 0.333. The van der Waals surface area contributed by atoms with Crippen molar-refractivity contribution in [3.63, 3.8) is 0 Å². The second-order valence-electron chi connectivity index (χ2n) is 12.0. The van der Waals surface area contributed by atoms with E-state index in [9.17, 15) is 4.79 Å². The van der Waals surface area contributed by atoms with E-state index in [1.165, 1.54) is 0 Å². The lowest BCUT2D eigenvalue weighted by Gasteiger charge is -2.29. The van der Waals surface area contributed by atoms with Crippen LogP contribution in [0.15, 0.2) is 78.9 Å². The van der Waals surface area contributed by atoms with Gasteiger partial charge in [0.15, 0.2) is 0 Å². The van der Waals surface area contributed by atoms with Crippen LogP contribution in [-0.2, 0) is 11.3 Å². The minimum absolute atomic E-state index is 0.141. The van der Waals surface area contributed by atoms with Crippen molar-refractivity contribution in [1.29, 1.82) is 0 Å². The van der Waals surface area contributed by atoms with Gasteiger partial charge in [0.05, 0.1) is 42.7 Å². The molecule has 10 heteroatoms. The van der Waals surface area contributed by atoms with Crippen LogP contribution in [0.1, 0.15) is 32.3 Å². The van der Waals surface area contributed by atoms with Gasteiger partial charge < -0.3 is 15.4 Å². The number of ether oxygens (including phenoxy) is 1.